The van der Waals surface area contributed by atoms with Crippen molar-refractivity contribution in [3.8, 4) is 5.75 Å². The molecule has 0 bridgehead atoms. The number of para-hydroxylation sites is 1. The van der Waals surface area contributed by atoms with Crippen molar-refractivity contribution in [2.45, 2.75) is 13.5 Å². The second-order valence-electron chi connectivity index (χ2n) is 4.36. The number of anilines is 1. The van der Waals surface area contributed by atoms with Crippen LogP contribution in [-0.4, -0.2) is 10.0 Å². The van der Waals surface area contributed by atoms with E-state index in [0.29, 0.717) is 11.0 Å². The number of phenols is 1. The third-order valence-electron chi connectivity index (χ3n) is 2.96. The zero-order chi connectivity index (χ0) is 14.7. The van der Waals surface area contributed by atoms with Crippen LogP contribution in [0, 0.1) is 17.0 Å². The van der Waals surface area contributed by atoms with E-state index in [1.165, 1.54) is 12.1 Å². The van der Waals surface area contributed by atoms with Gasteiger partial charge in [-0.2, -0.15) is 0 Å². The molecule has 0 unspecified atom stereocenters. The molecule has 0 amide bonds. The summed E-state index contributed by atoms with van der Waals surface area (Å²) in [7, 11) is 0. The van der Waals surface area contributed by atoms with Gasteiger partial charge in [-0.25, -0.2) is 0 Å². The number of benzene rings is 2. The van der Waals surface area contributed by atoms with Crippen LogP contribution in [0.5, 0.6) is 5.75 Å². The maximum atomic E-state index is 10.7. The summed E-state index contributed by atoms with van der Waals surface area (Å²) in [6.07, 6.45) is 0. The van der Waals surface area contributed by atoms with Crippen molar-refractivity contribution in [1.29, 1.82) is 0 Å². The molecule has 104 valence electrons. The minimum atomic E-state index is -0.420. The summed E-state index contributed by atoms with van der Waals surface area (Å²) in [5.74, 6) is 0.194. The number of halogens is 1. The second-order valence-corrected chi connectivity index (χ2v) is 5.21. The Bertz CT molecular complexity index is 659. The van der Waals surface area contributed by atoms with Gasteiger partial charge >= 0.3 is 0 Å². The molecule has 0 saturated carbocycles. The number of hydrogen-bond acceptors (Lipinski definition) is 4. The molecule has 2 aromatic carbocycles. The lowest BCUT2D eigenvalue weighted by molar-refractivity contribution is -0.384. The van der Waals surface area contributed by atoms with Crippen molar-refractivity contribution in [3.63, 3.8) is 0 Å². The minimum absolute atomic E-state index is 0.0679. The Balaban J connectivity index is 2.15. The number of aromatic hydroxyl groups is 1. The molecule has 0 atom stereocenters. The minimum Gasteiger partial charge on any atom is -0.506 e. The Hall–Kier alpha value is -2.08. The Labute approximate surface area is 124 Å². The summed E-state index contributed by atoms with van der Waals surface area (Å²) in [6, 6.07) is 10.1. The number of nitro benzene ring substituents is 1. The fraction of sp³-hybridized carbons (Fsp3) is 0.143. The highest BCUT2D eigenvalue weighted by atomic mass is 79.9. The van der Waals surface area contributed by atoms with Crippen LogP contribution in [0.4, 0.5) is 11.4 Å². The van der Waals surface area contributed by atoms with E-state index in [-0.39, 0.29) is 11.4 Å². The van der Waals surface area contributed by atoms with E-state index >= 15 is 0 Å². The molecule has 0 aliphatic rings. The lowest BCUT2D eigenvalue weighted by atomic mass is 10.1. The average Bonchev–Trinajstić information content (AvgIpc) is 2.41. The first kappa shape index (κ1) is 14.3. The Morgan fingerprint density at radius 3 is 2.75 bits per heavy atom. The fourth-order valence-electron chi connectivity index (χ4n) is 1.85. The SMILES string of the molecule is Cc1cc([N+](=O)[O-])ccc1NCc1cccc(Br)c1O. The molecule has 0 heterocycles. The van der Waals surface area contributed by atoms with Gasteiger partial charge in [0.25, 0.3) is 5.69 Å². The molecule has 20 heavy (non-hydrogen) atoms. The van der Waals surface area contributed by atoms with Crippen LogP contribution in [0.25, 0.3) is 0 Å². The van der Waals surface area contributed by atoms with Crippen molar-refractivity contribution in [3.05, 3.63) is 62.1 Å². The number of rotatable bonds is 4. The molecule has 0 radical (unpaired) electrons. The maximum Gasteiger partial charge on any atom is 0.269 e. The Morgan fingerprint density at radius 1 is 1.35 bits per heavy atom. The van der Waals surface area contributed by atoms with E-state index in [9.17, 15) is 15.2 Å². The molecule has 0 saturated heterocycles. The van der Waals surface area contributed by atoms with Crippen molar-refractivity contribution >= 4 is 27.3 Å². The first-order valence-electron chi connectivity index (χ1n) is 5.94. The monoisotopic (exact) mass is 336 g/mol. The van der Waals surface area contributed by atoms with E-state index in [1.807, 2.05) is 12.1 Å². The first-order chi connectivity index (χ1) is 9.49. The van der Waals surface area contributed by atoms with E-state index < -0.39 is 4.92 Å². The largest absolute Gasteiger partial charge is 0.506 e. The predicted molar refractivity (Wildman–Crippen MR) is 81.0 cm³/mol. The molecule has 0 aliphatic heterocycles. The maximum absolute atomic E-state index is 10.7. The Kier molecular flexibility index (Phi) is 4.24. The summed E-state index contributed by atoms with van der Waals surface area (Å²) in [5, 5.41) is 23.7. The standard InChI is InChI=1S/C14H13BrN2O3/c1-9-7-11(17(19)20)5-6-13(9)16-8-10-3-2-4-12(15)14(10)18/h2-7,16,18H,8H2,1H3. The van der Waals surface area contributed by atoms with Gasteiger partial charge in [-0.3, -0.25) is 10.1 Å². The highest BCUT2D eigenvalue weighted by Gasteiger charge is 2.09. The van der Waals surface area contributed by atoms with Gasteiger partial charge in [0.1, 0.15) is 5.75 Å². The summed E-state index contributed by atoms with van der Waals surface area (Å²) >= 11 is 3.26. The van der Waals surface area contributed by atoms with E-state index in [2.05, 4.69) is 21.2 Å². The van der Waals surface area contributed by atoms with Gasteiger partial charge in [0.2, 0.25) is 0 Å². The van der Waals surface area contributed by atoms with Crippen molar-refractivity contribution in [1.82, 2.24) is 0 Å². The molecule has 0 spiro atoms. The normalized spacial score (nSPS) is 10.3. The molecular weight excluding hydrogens is 324 g/mol. The van der Waals surface area contributed by atoms with Crippen molar-refractivity contribution < 1.29 is 10.0 Å². The number of phenolic OH excluding ortho intramolecular Hbond substituents is 1. The third-order valence-corrected chi connectivity index (χ3v) is 3.60. The van der Waals surface area contributed by atoms with Gasteiger partial charge in [-0.15, -0.1) is 0 Å². The molecule has 5 nitrogen and oxygen atoms in total. The van der Waals surface area contributed by atoms with Crippen LogP contribution in [0.3, 0.4) is 0 Å². The van der Waals surface area contributed by atoms with Gasteiger partial charge < -0.3 is 10.4 Å². The van der Waals surface area contributed by atoms with Crippen LogP contribution in [-0.2, 0) is 6.54 Å². The highest BCUT2D eigenvalue weighted by Crippen LogP contribution is 2.28. The molecule has 2 aromatic rings. The third kappa shape index (κ3) is 3.08. The summed E-state index contributed by atoms with van der Waals surface area (Å²) in [5.41, 5.74) is 2.40. The van der Waals surface area contributed by atoms with E-state index in [1.54, 1.807) is 19.1 Å². The summed E-state index contributed by atoms with van der Waals surface area (Å²) < 4.78 is 0.636. The number of non-ortho nitro benzene ring substituents is 1. The summed E-state index contributed by atoms with van der Waals surface area (Å²) in [6.45, 7) is 2.24. The zero-order valence-electron chi connectivity index (χ0n) is 10.8. The molecule has 2 rings (SSSR count). The highest BCUT2D eigenvalue weighted by molar-refractivity contribution is 9.10. The number of aryl methyl sites for hydroxylation is 1. The average molecular weight is 337 g/mol. The fourth-order valence-corrected chi connectivity index (χ4v) is 2.26. The smallest absolute Gasteiger partial charge is 0.269 e. The molecule has 2 N–H and O–H groups in total. The second kappa shape index (κ2) is 5.92. The number of nitrogens with zero attached hydrogens (tertiary/aromatic N) is 1. The number of nitrogens with one attached hydrogen (secondary N) is 1. The van der Waals surface area contributed by atoms with Crippen LogP contribution in [0.1, 0.15) is 11.1 Å². The van der Waals surface area contributed by atoms with Crippen LogP contribution < -0.4 is 5.32 Å². The molecule has 0 fully saturated rings. The molecule has 6 heteroatoms. The van der Waals surface area contributed by atoms with Crippen LogP contribution in [0.15, 0.2) is 40.9 Å². The van der Waals surface area contributed by atoms with E-state index in [4.69, 9.17) is 0 Å². The lowest BCUT2D eigenvalue weighted by Crippen LogP contribution is -2.02. The Morgan fingerprint density at radius 2 is 2.10 bits per heavy atom. The van der Waals surface area contributed by atoms with Crippen molar-refractivity contribution in [2.24, 2.45) is 0 Å². The number of hydrogen-bond donors (Lipinski definition) is 2. The molecule has 0 aliphatic carbocycles. The van der Waals surface area contributed by atoms with Crippen LogP contribution >= 0.6 is 15.9 Å². The number of nitro groups is 1. The zero-order valence-corrected chi connectivity index (χ0v) is 12.3. The lowest BCUT2D eigenvalue weighted by Gasteiger charge is -2.11. The topological polar surface area (TPSA) is 75.4 Å². The van der Waals surface area contributed by atoms with Crippen molar-refractivity contribution in [2.75, 3.05) is 5.32 Å². The van der Waals surface area contributed by atoms with Crippen LogP contribution in [0.2, 0.25) is 0 Å². The van der Waals surface area contributed by atoms with Gasteiger partial charge in [-0.05, 0) is 40.5 Å². The van der Waals surface area contributed by atoms with Gasteiger partial charge in [0.15, 0.2) is 0 Å². The van der Waals surface area contributed by atoms with Gasteiger partial charge in [0, 0.05) is 29.9 Å². The van der Waals surface area contributed by atoms with Gasteiger partial charge in [0.05, 0.1) is 9.40 Å². The van der Waals surface area contributed by atoms with Gasteiger partial charge in [-0.1, -0.05) is 12.1 Å². The van der Waals surface area contributed by atoms with E-state index in [0.717, 1.165) is 16.8 Å². The predicted octanol–water partition coefficient (Wildman–Crippen LogP) is 3.98. The molecular formula is C14H13BrN2O3. The molecule has 0 aromatic heterocycles. The quantitative estimate of drug-likeness (QED) is 0.654. The first-order valence-corrected chi connectivity index (χ1v) is 6.73. The summed E-state index contributed by atoms with van der Waals surface area (Å²) in [4.78, 5) is 10.3.